The topological polar surface area (TPSA) is 35.5 Å². The Labute approximate surface area is 133 Å². The molecule has 3 nitrogen and oxygen atoms in total. The monoisotopic (exact) mass is 312 g/mol. The lowest BCUT2D eigenvalue weighted by Gasteiger charge is -2.06. The van der Waals surface area contributed by atoms with E-state index in [9.17, 15) is 4.79 Å². The van der Waals surface area contributed by atoms with Gasteiger partial charge in [-0.2, -0.15) is 0 Å². The van der Waals surface area contributed by atoms with Crippen molar-refractivity contribution in [1.82, 2.24) is 0 Å². The third-order valence-electron chi connectivity index (χ3n) is 3.29. The summed E-state index contributed by atoms with van der Waals surface area (Å²) in [6.07, 6.45) is 1.80. The van der Waals surface area contributed by atoms with Gasteiger partial charge in [0.2, 0.25) is 5.78 Å². The van der Waals surface area contributed by atoms with Crippen molar-refractivity contribution < 1.29 is 14.3 Å². The lowest BCUT2D eigenvalue weighted by Crippen LogP contribution is -1.98. The van der Waals surface area contributed by atoms with Crippen molar-refractivity contribution in [2.75, 3.05) is 6.61 Å². The zero-order valence-corrected chi connectivity index (χ0v) is 13.3. The Morgan fingerprint density at radius 3 is 2.91 bits per heavy atom. The molecule has 0 saturated heterocycles. The molecule has 22 heavy (non-hydrogen) atoms. The Morgan fingerprint density at radius 2 is 2.23 bits per heavy atom. The third-order valence-corrected chi connectivity index (χ3v) is 4.26. The first-order chi connectivity index (χ1) is 10.5. The third kappa shape index (κ3) is 2.83. The van der Waals surface area contributed by atoms with Crippen LogP contribution in [0.25, 0.3) is 6.08 Å². The van der Waals surface area contributed by atoms with Gasteiger partial charge in [0.25, 0.3) is 0 Å². The highest BCUT2D eigenvalue weighted by molar-refractivity contribution is 7.11. The van der Waals surface area contributed by atoms with E-state index in [0.717, 1.165) is 16.0 Å². The number of ether oxygens (including phenoxy) is 2. The second-order valence-corrected chi connectivity index (χ2v) is 6.26. The first kappa shape index (κ1) is 14.6. The Morgan fingerprint density at radius 1 is 1.41 bits per heavy atom. The van der Waals surface area contributed by atoms with Gasteiger partial charge >= 0.3 is 0 Å². The Hall–Kier alpha value is -2.33. The van der Waals surface area contributed by atoms with E-state index in [4.69, 9.17) is 9.47 Å². The number of hydrogen-bond acceptors (Lipinski definition) is 4. The van der Waals surface area contributed by atoms with Crippen LogP contribution in [0, 0.1) is 6.92 Å². The largest absolute Gasteiger partial charge is 0.489 e. The minimum atomic E-state index is -0.0887. The molecule has 1 aliphatic heterocycles. The highest BCUT2D eigenvalue weighted by Gasteiger charge is 2.28. The number of benzene rings is 1. The molecule has 1 aliphatic rings. The molecule has 3 rings (SSSR count). The van der Waals surface area contributed by atoms with Crippen LogP contribution in [0.3, 0.4) is 0 Å². The Kier molecular flexibility index (Phi) is 3.86. The predicted molar refractivity (Wildman–Crippen MR) is 88.7 cm³/mol. The number of thiophene rings is 1. The summed E-state index contributed by atoms with van der Waals surface area (Å²) in [5.74, 6) is 1.49. The number of Topliss-reactive ketones (excluding diaryl/α,β-unsaturated/α-hetero) is 1. The molecule has 0 aliphatic carbocycles. The van der Waals surface area contributed by atoms with Gasteiger partial charge in [0.1, 0.15) is 18.1 Å². The van der Waals surface area contributed by atoms with E-state index in [2.05, 4.69) is 6.58 Å². The van der Waals surface area contributed by atoms with Gasteiger partial charge < -0.3 is 9.47 Å². The molecule has 112 valence electrons. The van der Waals surface area contributed by atoms with E-state index >= 15 is 0 Å². The Bertz CT molecular complexity index is 783. The minimum Gasteiger partial charge on any atom is -0.489 e. The molecule has 0 atom stereocenters. The first-order valence-corrected chi connectivity index (χ1v) is 7.82. The van der Waals surface area contributed by atoms with Crippen LogP contribution in [0.15, 0.2) is 47.6 Å². The predicted octanol–water partition coefficient (Wildman–Crippen LogP) is 4.63. The van der Waals surface area contributed by atoms with Crippen LogP contribution in [0.2, 0.25) is 0 Å². The number of hydrogen-bond donors (Lipinski definition) is 0. The van der Waals surface area contributed by atoms with Crippen LogP contribution in [0.5, 0.6) is 11.5 Å². The van der Waals surface area contributed by atoms with Gasteiger partial charge in [-0.3, -0.25) is 4.79 Å². The van der Waals surface area contributed by atoms with Gasteiger partial charge in [0.05, 0.1) is 5.56 Å². The molecule has 0 amide bonds. The van der Waals surface area contributed by atoms with Gasteiger partial charge in [-0.05, 0) is 48.6 Å². The number of fused-ring (bicyclic) bond motifs is 1. The quantitative estimate of drug-likeness (QED) is 0.610. The van der Waals surface area contributed by atoms with E-state index in [-0.39, 0.29) is 5.78 Å². The summed E-state index contributed by atoms with van der Waals surface area (Å²) in [6, 6.07) is 7.29. The molecule has 0 saturated carbocycles. The van der Waals surface area contributed by atoms with Crippen LogP contribution in [0.1, 0.15) is 27.7 Å². The molecule has 0 radical (unpaired) electrons. The van der Waals surface area contributed by atoms with E-state index in [0.29, 0.717) is 29.4 Å². The second-order valence-electron chi connectivity index (χ2n) is 5.31. The molecule has 0 unspecified atom stereocenters. The van der Waals surface area contributed by atoms with E-state index in [1.54, 1.807) is 35.6 Å². The van der Waals surface area contributed by atoms with Crippen molar-refractivity contribution in [3.05, 3.63) is 63.6 Å². The van der Waals surface area contributed by atoms with Crippen molar-refractivity contribution >= 4 is 23.2 Å². The summed E-state index contributed by atoms with van der Waals surface area (Å²) in [7, 11) is 0. The highest BCUT2D eigenvalue weighted by Crippen LogP contribution is 2.35. The maximum absolute atomic E-state index is 12.4. The van der Waals surface area contributed by atoms with Crippen LogP contribution >= 0.6 is 11.3 Å². The summed E-state index contributed by atoms with van der Waals surface area (Å²) >= 11 is 1.59. The van der Waals surface area contributed by atoms with Gasteiger partial charge in [-0.25, -0.2) is 0 Å². The van der Waals surface area contributed by atoms with Crippen LogP contribution in [-0.2, 0) is 0 Å². The molecule has 0 spiro atoms. The maximum Gasteiger partial charge on any atom is 0.232 e. The van der Waals surface area contributed by atoms with E-state index < -0.39 is 0 Å². The second kappa shape index (κ2) is 5.81. The van der Waals surface area contributed by atoms with Crippen LogP contribution in [0.4, 0.5) is 0 Å². The maximum atomic E-state index is 12.4. The summed E-state index contributed by atoms with van der Waals surface area (Å²) in [5, 5.41) is 2.00. The van der Waals surface area contributed by atoms with Gasteiger partial charge in [-0.15, -0.1) is 11.3 Å². The van der Waals surface area contributed by atoms with Gasteiger partial charge in [0.15, 0.2) is 5.76 Å². The smallest absolute Gasteiger partial charge is 0.232 e. The average Bonchev–Trinajstić information content (AvgIpc) is 3.02. The van der Waals surface area contributed by atoms with Crippen molar-refractivity contribution in [3.8, 4) is 11.5 Å². The zero-order chi connectivity index (χ0) is 15.7. The van der Waals surface area contributed by atoms with Gasteiger partial charge in [0, 0.05) is 17.0 Å². The number of carbonyl (C=O) groups is 1. The molecular weight excluding hydrogens is 296 g/mol. The molecule has 4 heteroatoms. The van der Waals surface area contributed by atoms with Crippen molar-refractivity contribution in [1.29, 1.82) is 0 Å². The number of rotatable bonds is 4. The zero-order valence-electron chi connectivity index (χ0n) is 12.5. The molecule has 2 heterocycles. The lowest BCUT2D eigenvalue weighted by atomic mass is 10.1. The molecule has 0 fully saturated rings. The number of ketones is 1. The standard InChI is InChI=1S/C18H16O3S/c1-11(2)10-20-13-4-5-14-15(8-13)21-16(18(14)19)9-17-12(3)6-7-22-17/h4-9H,1,10H2,2-3H3/b16-9-. The fraction of sp³-hybridized carbons (Fsp3) is 0.167. The molecule has 1 aromatic carbocycles. The van der Waals surface area contributed by atoms with E-state index in [1.165, 1.54) is 0 Å². The van der Waals surface area contributed by atoms with Crippen molar-refractivity contribution in [2.45, 2.75) is 13.8 Å². The van der Waals surface area contributed by atoms with Crippen LogP contribution in [-0.4, -0.2) is 12.4 Å². The summed E-state index contributed by atoms with van der Waals surface area (Å²) in [5.41, 5.74) is 2.64. The fourth-order valence-corrected chi connectivity index (χ4v) is 2.96. The van der Waals surface area contributed by atoms with Gasteiger partial charge in [-0.1, -0.05) is 6.58 Å². The Balaban J connectivity index is 1.86. The number of aryl methyl sites for hydroxylation is 1. The number of carbonyl (C=O) groups excluding carboxylic acids is 1. The first-order valence-electron chi connectivity index (χ1n) is 6.94. The minimum absolute atomic E-state index is 0.0887. The molecule has 0 N–H and O–H groups in total. The van der Waals surface area contributed by atoms with Crippen LogP contribution < -0.4 is 9.47 Å². The summed E-state index contributed by atoms with van der Waals surface area (Å²) in [6.45, 7) is 8.16. The average molecular weight is 312 g/mol. The molecule has 0 bridgehead atoms. The van der Waals surface area contributed by atoms with E-state index in [1.807, 2.05) is 25.3 Å². The highest BCUT2D eigenvalue weighted by atomic mass is 32.1. The molecule has 2 aromatic rings. The lowest BCUT2D eigenvalue weighted by molar-refractivity contribution is 0.101. The molecule has 1 aromatic heterocycles. The normalized spacial score (nSPS) is 14.8. The SMILES string of the molecule is C=C(C)COc1ccc2c(c1)O/C(=C\c1sccc1C)C2=O. The van der Waals surface area contributed by atoms with Crippen molar-refractivity contribution in [3.63, 3.8) is 0 Å². The molecular formula is C18H16O3S. The number of allylic oxidation sites excluding steroid dienone is 1. The van der Waals surface area contributed by atoms with Crippen molar-refractivity contribution in [2.24, 2.45) is 0 Å². The summed E-state index contributed by atoms with van der Waals surface area (Å²) in [4.78, 5) is 13.4. The fourth-order valence-electron chi connectivity index (χ4n) is 2.11. The summed E-state index contributed by atoms with van der Waals surface area (Å²) < 4.78 is 11.3.